The van der Waals surface area contributed by atoms with Crippen molar-refractivity contribution in [1.82, 2.24) is 0 Å². The Hall–Kier alpha value is -0.610. The lowest BCUT2D eigenvalue weighted by Gasteiger charge is -2.02. The van der Waals surface area contributed by atoms with Gasteiger partial charge in [-0.1, -0.05) is 12.7 Å². The Kier molecular flexibility index (Phi) is 3.32. The van der Waals surface area contributed by atoms with Crippen LogP contribution in [0.15, 0.2) is 25.3 Å². The van der Waals surface area contributed by atoms with Crippen LogP contribution < -0.4 is 0 Å². The van der Waals surface area contributed by atoms with E-state index < -0.39 is 15.3 Å². The molecule has 0 aliphatic carbocycles. The van der Waals surface area contributed by atoms with Gasteiger partial charge in [-0.25, -0.2) is 8.42 Å². The van der Waals surface area contributed by atoms with Crippen LogP contribution in [0.4, 0.5) is 0 Å². The van der Waals surface area contributed by atoms with E-state index in [1.54, 1.807) is 0 Å². The van der Waals surface area contributed by atoms with Crippen LogP contribution in [-0.4, -0.2) is 24.7 Å². The van der Waals surface area contributed by atoms with Crippen molar-refractivity contribution in [2.45, 2.75) is 5.44 Å². The molecule has 3 nitrogen and oxygen atoms in total. The summed E-state index contributed by atoms with van der Waals surface area (Å²) in [5.41, 5.74) is -1.47. The molecule has 4 heteroatoms. The second kappa shape index (κ2) is 3.53. The van der Waals surface area contributed by atoms with Gasteiger partial charge in [0.1, 0.15) is 0 Å². The third-order valence-corrected chi connectivity index (χ3v) is 2.55. The first-order valence-corrected chi connectivity index (χ1v) is 4.39. The van der Waals surface area contributed by atoms with Gasteiger partial charge in [0.15, 0.2) is 15.3 Å². The molecule has 0 aliphatic heterocycles. The van der Waals surface area contributed by atoms with Crippen LogP contribution >= 0.6 is 0 Å². The Morgan fingerprint density at radius 1 is 1.50 bits per heavy atom. The Labute approximate surface area is 60.6 Å². The third kappa shape index (κ3) is 2.33. The van der Waals surface area contributed by atoms with Crippen molar-refractivity contribution < 1.29 is 13.5 Å². The maximum Gasteiger partial charge on any atom is 0.184 e. The summed E-state index contributed by atoms with van der Waals surface area (Å²) in [6, 6.07) is 0. The molecule has 0 aliphatic rings. The summed E-state index contributed by atoms with van der Waals surface area (Å²) in [7, 11) is -3.44. The highest BCUT2D eigenvalue weighted by molar-refractivity contribution is 7.92. The Morgan fingerprint density at radius 2 is 2.00 bits per heavy atom. The minimum absolute atomic E-state index is 0.222. The molecule has 1 atom stereocenters. The van der Waals surface area contributed by atoms with Gasteiger partial charge in [0.25, 0.3) is 0 Å². The largest absolute Gasteiger partial charge is 0.374 e. The lowest BCUT2D eigenvalue weighted by atomic mass is 10.7. The van der Waals surface area contributed by atoms with Gasteiger partial charge in [0, 0.05) is 0 Å². The molecule has 10 heavy (non-hydrogen) atoms. The van der Waals surface area contributed by atoms with E-state index >= 15 is 0 Å². The number of sulfone groups is 1. The van der Waals surface area contributed by atoms with Crippen LogP contribution in [0.1, 0.15) is 0 Å². The van der Waals surface area contributed by atoms with Gasteiger partial charge in [-0.2, -0.15) is 0 Å². The molecule has 0 saturated heterocycles. The lowest BCUT2D eigenvalue weighted by Crippen LogP contribution is -2.19. The van der Waals surface area contributed by atoms with E-state index in [-0.39, 0.29) is 5.75 Å². The molecule has 0 aromatic heterocycles. The molecule has 0 heterocycles. The first-order chi connectivity index (χ1) is 4.54. The number of rotatable bonds is 4. The fourth-order valence-corrected chi connectivity index (χ4v) is 1.23. The van der Waals surface area contributed by atoms with Crippen molar-refractivity contribution >= 4 is 9.84 Å². The second-order valence-corrected chi connectivity index (χ2v) is 3.89. The summed E-state index contributed by atoms with van der Waals surface area (Å²) in [5, 5.41) is 8.76. The molecule has 0 rings (SSSR count). The Balaban J connectivity index is 4.40. The highest BCUT2D eigenvalue weighted by atomic mass is 32.2. The molecule has 0 aromatic rings. The standard InChI is InChI=1S/C6H10O3S/c1-3-5-10(8,9)6(7)4-2/h3-4,6-7H,1-2,5H2. The van der Waals surface area contributed by atoms with Gasteiger partial charge in [-0.05, 0) is 6.08 Å². The summed E-state index contributed by atoms with van der Waals surface area (Å²) in [4.78, 5) is 0. The molecule has 0 bridgehead atoms. The highest BCUT2D eigenvalue weighted by Crippen LogP contribution is 1.99. The molecule has 0 aromatic carbocycles. The van der Waals surface area contributed by atoms with Crippen LogP contribution in [-0.2, 0) is 9.84 Å². The fraction of sp³-hybridized carbons (Fsp3) is 0.333. The van der Waals surface area contributed by atoms with E-state index in [4.69, 9.17) is 5.11 Å². The van der Waals surface area contributed by atoms with Crippen LogP contribution in [0, 0.1) is 0 Å². The van der Waals surface area contributed by atoms with Crippen molar-refractivity contribution in [2.75, 3.05) is 5.75 Å². The third-order valence-electron chi connectivity index (χ3n) is 0.920. The van der Waals surface area contributed by atoms with E-state index in [2.05, 4.69) is 13.2 Å². The Morgan fingerprint density at radius 3 is 2.30 bits per heavy atom. The number of hydrogen-bond donors (Lipinski definition) is 1. The first-order valence-electron chi connectivity index (χ1n) is 2.67. The smallest absolute Gasteiger partial charge is 0.184 e. The normalized spacial score (nSPS) is 14.1. The van der Waals surface area contributed by atoms with Crippen LogP contribution in [0.3, 0.4) is 0 Å². The average Bonchev–Trinajstić information content (AvgIpc) is 1.86. The average molecular weight is 162 g/mol. The molecule has 58 valence electrons. The maximum atomic E-state index is 10.8. The molecule has 1 N–H and O–H groups in total. The van der Waals surface area contributed by atoms with Gasteiger partial charge < -0.3 is 5.11 Å². The van der Waals surface area contributed by atoms with Gasteiger partial charge >= 0.3 is 0 Å². The molecule has 0 spiro atoms. The number of hydrogen-bond acceptors (Lipinski definition) is 3. The minimum atomic E-state index is -3.44. The van der Waals surface area contributed by atoms with E-state index in [0.717, 1.165) is 6.08 Å². The summed E-state index contributed by atoms with van der Waals surface area (Å²) < 4.78 is 21.5. The zero-order chi connectivity index (χ0) is 8.20. The topological polar surface area (TPSA) is 54.4 Å². The highest BCUT2D eigenvalue weighted by Gasteiger charge is 2.16. The van der Waals surface area contributed by atoms with Gasteiger partial charge in [0.2, 0.25) is 0 Å². The number of aliphatic hydroxyl groups excluding tert-OH is 1. The second-order valence-electron chi connectivity index (χ2n) is 1.74. The summed E-state index contributed by atoms with van der Waals surface area (Å²) in [5.74, 6) is -0.222. The first kappa shape index (κ1) is 9.39. The minimum Gasteiger partial charge on any atom is -0.374 e. The van der Waals surface area contributed by atoms with Crippen molar-refractivity contribution in [3.8, 4) is 0 Å². The van der Waals surface area contributed by atoms with Crippen molar-refractivity contribution in [2.24, 2.45) is 0 Å². The number of aliphatic hydroxyl groups is 1. The van der Waals surface area contributed by atoms with Gasteiger partial charge in [0.05, 0.1) is 5.75 Å². The van der Waals surface area contributed by atoms with E-state index in [9.17, 15) is 8.42 Å². The maximum absolute atomic E-state index is 10.8. The van der Waals surface area contributed by atoms with Crippen LogP contribution in [0.25, 0.3) is 0 Å². The van der Waals surface area contributed by atoms with Gasteiger partial charge in [-0.3, -0.25) is 0 Å². The molecule has 0 radical (unpaired) electrons. The van der Waals surface area contributed by atoms with Crippen molar-refractivity contribution in [1.29, 1.82) is 0 Å². The monoisotopic (exact) mass is 162 g/mol. The predicted molar refractivity (Wildman–Crippen MR) is 40.2 cm³/mol. The van der Waals surface area contributed by atoms with Gasteiger partial charge in [-0.15, -0.1) is 6.58 Å². The zero-order valence-electron chi connectivity index (χ0n) is 5.53. The summed E-state index contributed by atoms with van der Waals surface area (Å²) >= 11 is 0. The van der Waals surface area contributed by atoms with Crippen LogP contribution in [0.2, 0.25) is 0 Å². The lowest BCUT2D eigenvalue weighted by molar-refractivity contribution is 0.295. The summed E-state index contributed by atoms with van der Waals surface area (Å²) in [6.45, 7) is 6.38. The quantitative estimate of drug-likeness (QED) is 0.596. The van der Waals surface area contributed by atoms with Crippen molar-refractivity contribution in [3.05, 3.63) is 25.3 Å². The van der Waals surface area contributed by atoms with Crippen molar-refractivity contribution in [3.63, 3.8) is 0 Å². The van der Waals surface area contributed by atoms with Crippen LogP contribution in [0.5, 0.6) is 0 Å². The molecule has 0 fully saturated rings. The molecular formula is C6H10O3S. The molecular weight excluding hydrogens is 152 g/mol. The summed E-state index contributed by atoms with van der Waals surface area (Å²) in [6.07, 6.45) is 2.20. The predicted octanol–water partition coefficient (Wildman–Crippen LogP) is 0.0916. The van der Waals surface area contributed by atoms with E-state index in [0.29, 0.717) is 0 Å². The van der Waals surface area contributed by atoms with E-state index in [1.165, 1.54) is 6.08 Å². The molecule has 1 unspecified atom stereocenters. The van der Waals surface area contributed by atoms with E-state index in [1.807, 2.05) is 0 Å². The Bertz CT molecular complexity index is 215. The molecule has 0 saturated carbocycles. The SMILES string of the molecule is C=CCS(=O)(=O)C(O)C=C. The molecule has 0 amide bonds. The zero-order valence-corrected chi connectivity index (χ0v) is 6.34. The fourth-order valence-electron chi connectivity index (χ4n) is 0.409.